The molecule has 0 bridgehead atoms. The number of nitrogens with zero attached hydrogens (tertiary/aromatic N) is 4. The first-order valence-corrected chi connectivity index (χ1v) is 8.75. The van der Waals surface area contributed by atoms with E-state index in [2.05, 4.69) is 10.3 Å². The molecule has 7 nitrogen and oxygen atoms in total. The summed E-state index contributed by atoms with van der Waals surface area (Å²) in [6, 6.07) is 7.79. The van der Waals surface area contributed by atoms with Crippen LogP contribution in [-0.2, 0) is 22.6 Å². The van der Waals surface area contributed by atoms with Gasteiger partial charge in [-0.3, -0.25) is 4.79 Å². The van der Waals surface area contributed by atoms with E-state index < -0.39 is 0 Å². The minimum absolute atomic E-state index is 0.0595. The number of amides is 1. The van der Waals surface area contributed by atoms with Crippen molar-refractivity contribution in [1.29, 1.82) is 0 Å². The Labute approximate surface area is 146 Å². The number of likely N-dealkylation sites (tertiary alicyclic amines) is 1. The zero-order chi connectivity index (χ0) is 17.2. The highest BCUT2D eigenvalue weighted by Crippen LogP contribution is 2.30. The van der Waals surface area contributed by atoms with Gasteiger partial charge in [-0.25, -0.2) is 4.68 Å². The first-order valence-electron chi connectivity index (χ1n) is 8.75. The second-order valence-corrected chi connectivity index (χ2v) is 6.47. The highest BCUT2D eigenvalue weighted by molar-refractivity contribution is 5.79. The highest BCUT2D eigenvalue weighted by atomic mass is 16.5. The molecule has 0 N–H and O–H groups in total. The lowest BCUT2D eigenvalue weighted by Gasteiger charge is -2.41. The van der Waals surface area contributed by atoms with Gasteiger partial charge >= 0.3 is 0 Å². The van der Waals surface area contributed by atoms with Crippen LogP contribution < -0.4 is 4.74 Å². The summed E-state index contributed by atoms with van der Waals surface area (Å²) in [7, 11) is 0. The van der Waals surface area contributed by atoms with E-state index in [4.69, 9.17) is 9.47 Å². The average molecular weight is 342 g/mol. The fraction of sp³-hybridized carbons (Fsp3) is 0.500. The summed E-state index contributed by atoms with van der Waals surface area (Å²) >= 11 is 0. The molecule has 1 aromatic carbocycles. The van der Waals surface area contributed by atoms with Gasteiger partial charge in [0, 0.05) is 13.1 Å². The Hall–Kier alpha value is -2.41. The van der Waals surface area contributed by atoms with Crippen LogP contribution in [0.3, 0.4) is 0 Å². The maximum absolute atomic E-state index is 12.7. The molecule has 2 atom stereocenters. The minimum Gasteiger partial charge on any atom is -0.494 e. The van der Waals surface area contributed by atoms with Gasteiger partial charge in [0.05, 0.1) is 43.7 Å². The Kier molecular flexibility index (Phi) is 4.40. The molecule has 2 aliphatic rings. The molecular weight excluding hydrogens is 320 g/mol. The van der Waals surface area contributed by atoms with E-state index in [-0.39, 0.29) is 18.1 Å². The van der Waals surface area contributed by atoms with E-state index in [0.29, 0.717) is 26.2 Å². The molecule has 1 saturated heterocycles. The van der Waals surface area contributed by atoms with Crippen molar-refractivity contribution in [2.45, 2.75) is 38.5 Å². The lowest BCUT2D eigenvalue weighted by atomic mass is 9.99. The number of rotatable bonds is 4. The first kappa shape index (κ1) is 16.1. The maximum Gasteiger partial charge on any atom is 0.227 e. The Morgan fingerprint density at radius 1 is 1.36 bits per heavy atom. The van der Waals surface area contributed by atoms with Gasteiger partial charge < -0.3 is 14.4 Å². The van der Waals surface area contributed by atoms with Gasteiger partial charge in [0.15, 0.2) is 0 Å². The van der Waals surface area contributed by atoms with Crippen molar-refractivity contribution in [1.82, 2.24) is 19.9 Å². The van der Waals surface area contributed by atoms with Gasteiger partial charge in [-0.15, -0.1) is 5.10 Å². The normalized spacial score (nSPS) is 22.2. The SMILES string of the molecule is CCOc1ccc(CC(=O)N2CC[C@H]3OCc4cnnn4[C@H]3C2)cc1. The van der Waals surface area contributed by atoms with Gasteiger partial charge in [0.2, 0.25) is 5.91 Å². The number of piperidine rings is 1. The summed E-state index contributed by atoms with van der Waals surface area (Å²) in [5.41, 5.74) is 1.97. The summed E-state index contributed by atoms with van der Waals surface area (Å²) < 4.78 is 13.3. The van der Waals surface area contributed by atoms with Crippen LogP contribution in [0.2, 0.25) is 0 Å². The van der Waals surface area contributed by atoms with Crippen molar-refractivity contribution >= 4 is 5.91 Å². The average Bonchev–Trinajstić information content (AvgIpc) is 3.12. The molecular formula is C18H22N4O3. The van der Waals surface area contributed by atoms with E-state index in [0.717, 1.165) is 30.0 Å². The molecule has 0 saturated carbocycles. The molecule has 2 aliphatic heterocycles. The van der Waals surface area contributed by atoms with E-state index >= 15 is 0 Å². The van der Waals surface area contributed by atoms with E-state index in [1.807, 2.05) is 40.8 Å². The number of carbonyl (C=O) groups is 1. The maximum atomic E-state index is 12.7. The molecule has 4 rings (SSSR count). The number of aromatic nitrogens is 3. The van der Waals surface area contributed by atoms with Crippen LogP contribution in [0, 0.1) is 0 Å². The second-order valence-electron chi connectivity index (χ2n) is 6.47. The smallest absolute Gasteiger partial charge is 0.227 e. The number of ether oxygens (including phenoxy) is 2. The molecule has 25 heavy (non-hydrogen) atoms. The van der Waals surface area contributed by atoms with Crippen LogP contribution in [0.15, 0.2) is 30.5 Å². The lowest BCUT2D eigenvalue weighted by molar-refractivity contribution is -0.137. The Balaban J connectivity index is 1.42. The zero-order valence-electron chi connectivity index (χ0n) is 14.3. The molecule has 7 heteroatoms. The number of fused-ring (bicyclic) bond motifs is 3. The van der Waals surface area contributed by atoms with Gasteiger partial charge in [0.1, 0.15) is 5.75 Å². The third kappa shape index (κ3) is 3.24. The predicted octanol–water partition coefficient (Wildman–Crippen LogP) is 1.59. The van der Waals surface area contributed by atoms with Gasteiger partial charge in [-0.1, -0.05) is 17.3 Å². The largest absolute Gasteiger partial charge is 0.494 e. The third-order valence-corrected chi connectivity index (χ3v) is 4.87. The van der Waals surface area contributed by atoms with E-state index in [9.17, 15) is 4.79 Å². The van der Waals surface area contributed by atoms with Crippen molar-refractivity contribution in [3.63, 3.8) is 0 Å². The van der Waals surface area contributed by atoms with Crippen LogP contribution in [-0.4, -0.2) is 51.6 Å². The highest BCUT2D eigenvalue weighted by Gasteiger charge is 2.37. The standard InChI is InChI=1S/C18H22N4O3/c1-2-24-15-5-3-13(4-6-15)9-18(23)21-8-7-17-16(11-21)22-14(12-25-17)10-19-20-22/h3-6,10,16-17H,2,7-9,11-12H2,1H3/t16-,17+/m0/s1. The fourth-order valence-electron chi connectivity index (χ4n) is 3.56. The minimum atomic E-state index is 0.0595. The lowest BCUT2D eigenvalue weighted by Crippen LogP contribution is -2.50. The van der Waals surface area contributed by atoms with Gasteiger partial charge in [-0.2, -0.15) is 0 Å². The molecule has 1 fully saturated rings. The van der Waals surface area contributed by atoms with Crippen molar-refractivity contribution in [3.05, 3.63) is 41.7 Å². The Bertz CT molecular complexity index is 743. The molecule has 1 aromatic heterocycles. The van der Waals surface area contributed by atoms with Crippen LogP contribution in [0.25, 0.3) is 0 Å². The quantitative estimate of drug-likeness (QED) is 0.844. The number of benzene rings is 1. The second kappa shape index (κ2) is 6.84. The molecule has 132 valence electrons. The molecule has 0 aliphatic carbocycles. The monoisotopic (exact) mass is 342 g/mol. The third-order valence-electron chi connectivity index (χ3n) is 4.87. The first-order chi connectivity index (χ1) is 12.2. The summed E-state index contributed by atoms with van der Waals surface area (Å²) in [6.45, 7) is 4.49. The number of carbonyl (C=O) groups excluding carboxylic acids is 1. The van der Waals surface area contributed by atoms with Crippen LogP contribution in [0.1, 0.15) is 30.6 Å². The van der Waals surface area contributed by atoms with Gasteiger partial charge in [-0.05, 0) is 31.0 Å². The van der Waals surface area contributed by atoms with E-state index in [1.54, 1.807) is 6.20 Å². The molecule has 0 radical (unpaired) electrons. The Morgan fingerprint density at radius 3 is 3.00 bits per heavy atom. The van der Waals surface area contributed by atoms with Crippen LogP contribution >= 0.6 is 0 Å². The molecule has 0 unspecified atom stereocenters. The molecule has 1 amide bonds. The van der Waals surface area contributed by atoms with Crippen molar-refractivity contribution in [2.24, 2.45) is 0 Å². The molecule has 0 spiro atoms. The van der Waals surface area contributed by atoms with Gasteiger partial charge in [0.25, 0.3) is 0 Å². The summed E-state index contributed by atoms with van der Waals surface area (Å²) in [4.78, 5) is 14.6. The van der Waals surface area contributed by atoms with E-state index in [1.165, 1.54) is 0 Å². The summed E-state index contributed by atoms with van der Waals surface area (Å²) in [6.07, 6.45) is 3.08. The number of hydrogen-bond acceptors (Lipinski definition) is 5. The summed E-state index contributed by atoms with van der Waals surface area (Å²) in [5.74, 6) is 0.965. The van der Waals surface area contributed by atoms with Crippen LogP contribution in [0.4, 0.5) is 0 Å². The predicted molar refractivity (Wildman–Crippen MR) is 90.1 cm³/mol. The van der Waals surface area contributed by atoms with Crippen LogP contribution in [0.5, 0.6) is 5.75 Å². The zero-order valence-corrected chi connectivity index (χ0v) is 14.3. The van der Waals surface area contributed by atoms with Crippen molar-refractivity contribution in [3.8, 4) is 5.75 Å². The number of hydrogen-bond donors (Lipinski definition) is 0. The summed E-state index contributed by atoms with van der Waals surface area (Å²) in [5, 5.41) is 8.15. The van der Waals surface area contributed by atoms with Crippen molar-refractivity contribution < 1.29 is 14.3 Å². The Morgan fingerprint density at radius 2 is 2.20 bits per heavy atom. The molecule has 3 heterocycles. The molecule has 2 aromatic rings. The topological polar surface area (TPSA) is 69.5 Å². The van der Waals surface area contributed by atoms with Crippen molar-refractivity contribution in [2.75, 3.05) is 19.7 Å². The fourth-order valence-corrected chi connectivity index (χ4v) is 3.56.